The largest absolute Gasteiger partial charge is 0.393 e. The summed E-state index contributed by atoms with van der Waals surface area (Å²) in [6.45, 7) is 1.37. The molecule has 3 aromatic heterocycles. The van der Waals surface area contributed by atoms with Gasteiger partial charge in [-0.3, -0.25) is 4.79 Å². The van der Waals surface area contributed by atoms with E-state index in [1.807, 2.05) is 29.3 Å². The van der Waals surface area contributed by atoms with Crippen molar-refractivity contribution in [2.24, 2.45) is 0 Å². The molecule has 0 radical (unpaired) electrons. The molecule has 2 aliphatic rings. The van der Waals surface area contributed by atoms with Gasteiger partial charge in [-0.2, -0.15) is 9.49 Å². The first-order valence-electron chi connectivity index (χ1n) is 11.6. The maximum atomic E-state index is 15.7. The zero-order valence-electron chi connectivity index (χ0n) is 18.8. The Balaban J connectivity index is 1.52. The molecule has 0 bridgehead atoms. The standard InChI is InChI=1S/C23H28FN7O3/c24-20-22(26-15-4-3-8-30(13-15)19(34)14-32)27-21(17-12-25-31-9-2-1-5-18(17)31)28-23(20)29-10-6-16(33)7-11-29/h1-2,5,9,12,15-16,32-33H,3-4,6-8,10-11,13-14H2,(H,26,27,28)/t15-/m1/s1. The van der Waals surface area contributed by atoms with Crippen LogP contribution < -0.4 is 10.2 Å². The Morgan fingerprint density at radius 3 is 2.79 bits per heavy atom. The summed E-state index contributed by atoms with van der Waals surface area (Å²) in [7, 11) is 0. The number of amides is 1. The lowest BCUT2D eigenvalue weighted by Crippen LogP contribution is -2.46. The molecule has 11 heteroatoms. The quantitative estimate of drug-likeness (QED) is 0.512. The van der Waals surface area contributed by atoms with Gasteiger partial charge >= 0.3 is 0 Å². The monoisotopic (exact) mass is 469 g/mol. The number of rotatable bonds is 5. The number of nitrogens with zero attached hydrogens (tertiary/aromatic N) is 6. The summed E-state index contributed by atoms with van der Waals surface area (Å²) in [6, 6.07) is 5.46. The third-order valence-electron chi connectivity index (χ3n) is 6.52. The van der Waals surface area contributed by atoms with Gasteiger partial charge in [-0.25, -0.2) is 14.5 Å². The molecule has 2 saturated heterocycles. The predicted octanol–water partition coefficient (Wildman–Crippen LogP) is 1.29. The van der Waals surface area contributed by atoms with Crippen LogP contribution >= 0.6 is 0 Å². The topological polar surface area (TPSA) is 119 Å². The second kappa shape index (κ2) is 9.51. The number of nitrogens with one attached hydrogen (secondary N) is 1. The number of hydrogen-bond acceptors (Lipinski definition) is 8. The number of piperidine rings is 2. The molecule has 5 heterocycles. The maximum Gasteiger partial charge on any atom is 0.248 e. The lowest BCUT2D eigenvalue weighted by Gasteiger charge is -2.34. The van der Waals surface area contributed by atoms with E-state index in [1.165, 1.54) is 0 Å². The average molecular weight is 470 g/mol. The number of pyridine rings is 1. The fraction of sp³-hybridized carbons (Fsp3) is 0.478. The van der Waals surface area contributed by atoms with E-state index >= 15 is 4.39 Å². The Bertz CT molecular complexity index is 1180. The van der Waals surface area contributed by atoms with Gasteiger partial charge in [-0.1, -0.05) is 6.07 Å². The number of halogens is 1. The van der Waals surface area contributed by atoms with Crippen molar-refractivity contribution in [1.29, 1.82) is 0 Å². The Morgan fingerprint density at radius 2 is 2.00 bits per heavy atom. The molecule has 2 fully saturated rings. The van der Waals surface area contributed by atoms with E-state index in [0.717, 1.165) is 18.4 Å². The average Bonchev–Trinajstić information content (AvgIpc) is 3.30. The minimum Gasteiger partial charge on any atom is -0.393 e. The maximum absolute atomic E-state index is 15.7. The molecule has 5 rings (SSSR count). The highest BCUT2D eigenvalue weighted by Gasteiger charge is 2.28. The van der Waals surface area contributed by atoms with Crippen molar-refractivity contribution >= 4 is 23.1 Å². The van der Waals surface area contributed by atoms with Gasteiger partial charge in [0, 0.05) is 38.4 Å². The summed E-state index contributed by atoms with van der Waals surface area (Å²) < 4.78 is 17.4. The molecule has 34 heavy (non-hydrogen) atoms. The molecule has 0 aromatic carbocycles. The highest BCUT2D eigenvalue weighted by Crippen LogP contribution is 2.31. The summed E-state index contributed by atoms with van der Waals surface area (Å²) in [5.74, 6) is -0.278. The lowest BCUT2D eigenvalue weighted by atomic mass is 10.1. The Labute approximate surface area is 196 Å². The van der Waals surface area contributed by atoms with Gasteiger partial charge in [0.1, 0.15) is 6.61 Å². The van der Waals surface area contributed by atoms with E-state index in [-0.39, 0.29) is 23.6 Å². The fourth-order valence-corrected chi connectivity index (χ4v) is 4.66. The van der Waals surface area contributed by atoms with Crippen LogP contribution in [0.5, 0.6) is 0 Å². The number of anilines is 2. The zero-order valence-corrected chi connectivity index (χ0v) is 18.8. The molecule has 180 valence electrons. The molecule has 3 aromatic rings. The van der Waals surface area contributed by atoms with Gasteiger partial charge in [0.25, 0.3) is 0 Å². The number of aromatic nitrogens is 4. The van der Waals surface area contributed by atoms with E-state index in [0.29, 0.717) is 50.4 Å². The molecule has 0 spiro atoms. The summed E-state index contributed by atoms with van der Waals surface area (Å²) >= 11 is 0. The molecule has 0 unspecified atom stereocenters. The smallest absolute Gasteiger partial charge is 0.248 e. The third kappa shape index (κ3) is 4.40. The van der Waals surface area contributed by atoms with Crippen LogP contribution in [-0.4, -0.2) is 85.5 Å². The van der Waals surface area contributed by atoms with E-state index in [9.17, 15) is 15.0 Å². The summed E-state index contributed by atoms with van der Waals surface area (Å²) in [6.07, 6.45) is 5.67. The van der Waals surface area contributed by atoms with Gasteiger partial charge in [0.15, 0.2) is 17.5 Å². The Kier molecular flexibility index (Phi) is 6.29. The van der Waals surface area contributed by atoms with Crippen LogP contribution in [0, 0.1) is 5.82 Å². The number of carbonyl (C=O) groups excluding carboxylic acids is 1. The van der Waals surface area contributed by atoms with E-state index in [2.05, 4.69) is 20.4 Å². The SMILES string of the molecule is O=C(CO)N1CCC[C@@H](Nc2nc(-c3cnn4ccccc34)nc(N3CCC(O)CC3)c2F)C1. The van der Waals surface area contributed by atoms with Crippen molar-refractivity contribution in [2.45, 2.75) is 37.8 Å². The van der Waals surface area contributed by atoms with Gasteiger partial charge in [-0.15, -0.1) is 0 Å². The van der Waals surface area contributed by atoms with Crippen molar-refractivity contribution in [3.05, 3.63) is 36.4 Å². The second-order valence-electron chi connectivity index (χ2n) is 8.82. The minimum absolute atomic E-state index is 0.0738. The minimum atomic E-state index is -0.553. The Hall–Kier alpha value is -3.31. The number of fused-ring (bicyclic) bond motifs is 1. The number of hydrogen-bond donors (Lipinski definition) is 3. The molecule has 0 aliphatic carbocycles. The van der Waals surface area contributed by atoms with Crippen molar-refractivity contribution < 1.29 is 19.4 Å². The second-order valence-corrected chi connectivity index (χ2v) is 8.82. The van der Waals surface area contributed by atoms with Crippen LogP contribution in [0.15, 0.2) is 30.6 Å². The lowest BCUT2D eigenvalue weighted by molar-refractivity contribution is -0.135. The fourth-order valence-electron chi connectivity index (χ4n) is 4.66. The van der Waals surface area contributed by atoms with Gasteiger partial charge in [-0.05, 0) is 37.8 Å². The molecule has 10 nitrogen and oxygen atoms in total. The number of aliphatic hydroxyl groups is 2. The summed E-state index contributed by atoms with van der Waals surface area (Å²) in [5, 5.41) is 26.7. The number of aliphatic hydroxyl groups excluding tert-OH is 2. The molecule has 2 aliphatic heterocycles. The summed E-state index contributed by atoms with van der Waals surface area (Å²) in [4.78, 5) is 24.5. The van der Waals surface area contributed by atoms with Crippen molar-refractivity contribution in [3.63, 3.8) is 0 Å². The molecule has 1 amide bonds. The van der Waals surface area contributed by atoms with Crippen LogP contribution in [0.4, 0.5) is 16.0 Å². The third-order valence-corrected chi connectivity index (χ3v) is 6.52. The van der Waals surface area contributed by atoms with Crippen LogP contribution in [0.2, 0.25) is 0 Å². The van der Waals surface area contributed by atoms with Crippen molar-refractivity contribution in [2.75, 3.05) is 43.0 Å². The van der Waals surface area contributed by atoms with Gasteiger partial charge in [0.05, 0.1) is 23.4 Å². The van der Waals surface area contributed by atoms with E-state index in [1.54, 1.807) is 15.6 Å². The van der Waals surface area contributed by atoms with Crippen LogP contribution in [0.3, 0.4) is 0 Å². The van der Waals surface area contributed by atoms with E-state index in [4.69, 9.17) is 0 Å². The van der Waals surface area contributed by atoms with Crippen LogP contribution in [0.1, 0.15) is 25.7 Å². The highest BCUT2D eigenvalue weighted by atomic mass is 19.1. The molecule has 0 saturated carbocycles. The molecule has 1 atom stereocenters. The first kappa shape index (κ1) is 22.5. The highest BCUT2D eigenvalue weighted by molar-refractivity contribution is 5.78. The normalized spacial score (nSPS) is 19.6. The van der Waals surface area contributed by atoms with Crippen molar-refractivity contribution in [3.8, 4) is 11.4 Å². The number of likely N-dealkylation sites (tertiary alicyclic amines) is 1. The molecular weight excluding hydrogens is 441 g/mol. The van der Waals surface area contributed by atoms with E-state index < -0.39 is 18.5 Å². The van der Waals surface area contributed by atoms with Crippen LogP contribution in [-0.2, 0) is 4.79 Å². The molecular formula is C23H28FN7O3. The zero-order chi connectivity index (χ0) is 23.7. The summed E-state index contributed by atoms with van der Waals surface area (Å²) in [5.41, 5.74) is 1.49. The van der Waals surface area contributed by atoms with Crippen molar-refractivity contribution in [1.82, 2.24) is 24.5 Å². The Morgan fingerprint density at radius 1 is 1.18 bits per heavy atom. The number of carbonyl (C=O) groups is 1. The molecule has 3 N–H and O–H groups in total. The first-order chi connectivity index (χ1) is 16.5. The van der Waals surface area contributed by atoms with Gasteiger partial charge < -0.3 is 25.3 Å². The van der Waals surface area contributed by atoms with Crippen LogP contribution in [0.25, 0.3) is 16.9 Å². The van der Waals surface area contributed by atoms with Gasteiger partial charge in [0.2, 0.25) is 11.7 Å². The predicted molar refractivity (Wildman–Crippen MR) is 124 cm³/mol. The first-order valence-corrected chi connectivity index (χ1v) is 11.6.